The highest BCUT2D eigenvalue weighted by Crippen LogP contribution is 2.53. The first kappa shape index (κ1) is 11.4. The third kappa shape index (κ3) is 1.50. The van der Waals surface area contributed by atoms with Crippen LogP contribution in [0.3, 0.4) is 0 Å². The van der Waals surface area contributed by atoms with Crippen LogP contribution in [0.2, 0.25) is 0 Å². The second kappa shape index (κ2) is 3.19. The van der Waals surface area contributed by atoms with Crippen molar-refractivity contribution in [3.8, 4) is 0 Å². The van der Waals surface area contributed by atoms with E-state index in [1.165, 1.54) is 0 Å². The second-order valence-corrected chi connectivity index (χ2v) is 4.55. The molecule has 1 saturated heterocycles. The Morgan fingerprint density at radius 2 is 1.88 bits per heavy atom. The summed E-state index contributed by atoms with van der Waals surface area (Å²) in [5.41, 5.74) is 4.35. The lowest BCUT2D eigenvalue weighted by molar-refractivity contribution is -0.187. The molecule has 2 aliphatic rings. The van der Waals surface area contributed by atoms with Gasteiger partial charge in [0.1, 0.15) is 0 Å². The summed E-state index contributed by atoms with van der Waals surface area (Å²) >= 11 is 0. The normalized spacial score (nSPS) is 37.7. The van der Waals surface area contributed by atoms with Gasteiger partial charge in [0.25, 0.3) is 5.78 Å². The van der Waals surface area contributed by atoms with E-state index in [1.807, 2.05) is 0 Å². The molecular formula is C9H11F3N2O2. The number of hydrogen-bond acceptors (Lipinski definition) is 3. The average molecular weight is 236 g/mol. The molecule has 1 aliphatic heterocycles. The summed E-state index contributed by atoms with van der Waals surface area (Å²) in [6.07, 6.45) is -4.26. The fraction of sp³-hybridized carbons (Fsp3) is 0.778. The van der Waals surface area contributed by atoms with Crippen molar-refractivity contribution in [2.75, 3.05) is 6.54 Å². The van der Waals surface area contributed by atoms with E-state index in [9.17, 15) is 22.8 Å². The van der Waals surface area contributed by atoms with Crippen molar-refractivity contribution in [3.63, 3.8) is 0 Å². The minimum absolute atomic E-state index is 0.280. The molecule has 16 heavy (non-hydrogen) atoms. The first-order valence-corrected chi connectivity index (χ1v) is 4.90. The molecule has 0 aromatic carbocycles. The number of nitrogens with one attached hydrogen (secondary N) is 1. The molecule has 7 heteroatoms. The maximum Gasteiger partial charge on any atom is 0.451 e. The molecular weight excluding hydrogens is 225 g/mol. The molecule has 0 aromatic heterocycles. The smallest absolute Gasteiger partial charge is 0.369 e. The lowest BCUT2D eigenvalue weighted by Gasteiger charge is -2.58. The molecule has 4 nitrogen and oxygen atoms in total. The number of carbonyl (C=O) groups is 2. The van der Waals surface area contributed by atoms with Crippen LogP contribution in [0.1, 0.15) is 12.8 Å². The van der Waals surface area contributed by atoms with Crippen LogP contribution in [-0.2, 0) is 9.59 Å². The van der Waals surface area contributed by atoms with Crippen LogP contribution in [0.5, 0.6) is 0 Å². The number of hydrogen-bond donors (Lipinski definition) is 2. The number of alkyl halides is 3. The Kier molecular flexibility index (Phi) is 2.27. The Balaban J connectivity index is 2.01. The van der Waals surface area contributed by atoms with Crippen LogP contribution >= 0.6 is 0 Å². The largest absolute Gasteiger partial charge is 0.451 e. The monoisotopic (exact) mass is 236 g/mol. The van der Waals surface area contributed by atoms with Gasteiger partial charge >= 0.3 is 6.18 Å². The summed E-state index contributed by atoms with van der Waals surface area (Å²) in [6, 6.07) is -1.19. The van der Waals surface area contributed by atoms with Crippen molar-refractivity contribution >= 4 is 11.7 Å². The molecule has 0 bridgehead atoms. The number of amides is 1. The summed E-state index contributed by atoms with van der Waals surface area (Å²) in [4.78, 5) is 21.8. The number of carbonyl (C=O) groups excluding carboxylic acids is 2. The Morgan fingerprint density at radius 1 is 1.31 bits per heavy atom. The lowest BCUT2D eigenvalue weighted by Crippen LogP contribution is -2.73. The summed E-state index contributed by atoms with van der Waals surface area (Å²) < 4.78 is 36.6. The number of Topliss-reactive ketones (excluding diaryl/α,β-unsaturated/α-hetero) is 1. The minimum Gasteiger partial charge on any atom is -0.369 e. The molecule has 0 aromatic rings. The van der Waals surface area contributed by atoms with E-state index >= 15 is 0 Å². The van der Waals surface area contributed by atoms with E-state index < -0.39 is 29.3 Å². The zero-order valence-electron chi connectivity index (χ0n) is 8.30. The molecule has 2 fully saturated rings. The Bertz CT molecular complexity index is 347. The Hall–Kier alpha value is -1.11. The van der Waals surface area contributed by atoms with Crippen LogP contribution in [0.15, 0.2) is 0 Å². The number of rotatable bonds is 2. The Labute approximate surface area is 89.4 Å². The molecule has 1 saturated carbocycles. The van der Waals surface area contributed by atoms with Crippen LogP contribution in [0.25, 0.3) is 0 Å². The molecule has 1 heterocycles. The summed E-state index contributed by atoms with van der Waals surface area (Å²) in [5, 5.41) is 2.48. The van der Waals surface area contributed by atoms with Gasteiger partial charge in [-0.05, 0) is 12.8 Å². The van der Waals surface area contributed by atoms with Crippen molar-refractivity contribution < 1.29 is 22.8 Å². The standard InChI is InChI=1S/C9H11F3N2O2/c10-9(11,12)6(15)5-8(3-14-5)1-4(2-8)7(13)16/h4-5,14H,1-3H2,(H2,13,16). The van der Waals surface area contributed by atoms with Crippen LogP contribution in [-0.4, -0.2) is 30.5 Å². The van der Waals surface area contributed by atoms with Crippen LogP contribution < -0.4 is 11.1 Å². The van der Waals surface area contributed by atoms with Crippen molar-refractivity contribution in [2.45, 2.75) is 25.1 Å². The van der Waals surface area contributed by atoms with E-state index in [0.717, 1.165) is 0 Å². The molecule has 90 valence electrons. The summed E-state index contributed by atoms with van der Waals surface area (Å²) in [7, 11) is 0. The van der Waals surface area contributed by atoms with Crippen molar-refractivity contribution in [1.82, 2.24) is 5.32 Å². The SMILES string of the molecule is NC(=O)C1CC2(CNC2C(=O)C(F)(F)F)C1. The van der Waals surface area contributed by atoms with Gasteiger partial charge in [0, 0.05) is 17.9 Å². The third-order valence-electron chi connectivity index (χ3n) is 3.52. The highest BCUT2D eigenvalue weighted by Gasteiger charge is 2.63. The van der Waals surface area contributed by atoms with Crippen LogP contribution in [0, 0.1) is 11.3 Å². The van der Waals surface area contributed by atoms with E-state index in [4.69, 9.17) is 5.73 Å². The van der Waals surface area contributed by atoms with Gasteiger partial charge < -0.3 is 11.1 Å². The molecule has 1 amide bonds. The molecule has 1 unspecified atom stereocenters. The number of primary amides is 1. The summed E-state index contributed by atoms with van der Waals surface area (Å²) in [5.74, 6) is -2.64. The molecule has 1 atom stereocenters. The van der Waals surface area contributed by atoms with Gasteiger partial charge in [-0.3, -0.25) is 9.59 Å². The molecule has 2 rings (SSSR count). The molecule has 1 aliphatic carbocycles. The zero-order valence-corrected chi connectivity index (χ0v) is 8.30. The maximum atomic E-state index is 12.2. The molecule has 3 N–H and O–H groups in total. The average Bonchev–Trinajstić information content (AvgIpc) is 1.96. The van der Waals surface area contributed by atoms with Gasteiger partial charge in [-0.25, -0.2) is 0 Å². The number of ketones is 1. The van der Waals surface area contributed by atoms with Gasteiger partial charge in [0.2, 0.25) is 5.91 Å². The molecule has 0 radical (unpaired) electrons. The quantitative estimate of drug-likeness (QED) is 0.707. The lowest BCUT2D eigenvalue weighted by atomic mass is 9.53. The van der Waals surface area contributed by atoms with Gasteiger partial charge in [-0.2, -0.15) is 13.2 Å². The van der Waals surface area contributed by atoms with Crippen molar-refractivity contribution in [1.29, 1.82) is 0 Å². The van der Waals surface area contributed by atoms with Gasteiger partial charge in [0.05, 0.1) is 6.04 Å². The number of halogens is 3. The first-order valence-electron chi connectivity index (χ1n) is 4.90. The van der Waals surface area contributed by atoms with Crippen LogP contribution in [0.4, 0.5) is 13.2 Å². The van der Waals surface area contributed by atoms with Crippen molar-refractivity contribution in [2.24, 2.45) is 17.1 Å². The van der Waals surface area contributed by atoms with Gasteiger partial charge in [0.15, 0.2) is 0 Å². The van der Waals surface area contributed by atoms with E-state index in [1.54, 1.807) is 0 Å². The zero-order chi connectivity index (χ0) is 12.1. The van der Waals surface area contributed by atoms with E-state index in [-0.39, 0.29) is 18.8 Å². The number of nitrogens with two attached hydrogens (primary N) is 1. The third-order valence-corrected chi connectivity index (χ3v) is 3.52. The fourth-order valence-electron chi connectivity index (χ4n) is 2.53. The first-order chi connectivity index (χ1) is 7.26. The van der Waals surface area contributed by atoms with E-state index in [0.29, 0.717) is 6.54 Å². The highest BCUT2D eigenvalue weighted by molar-refractivity contribution is 5.91. The fourth-order valence-corrected chi connectivity index (χ4v) is 2.53. The minimum atomic E-state index is -4.82. The summed E-state index contributed by atoms with van der Waals surface area (Å²) in [6.45, 7) is 0.350. The predicted molar refractivity (Wildman–Crippen MR) is 47.2 cm³/mol. The highest BCUT2D eigenvalue weighted by atomic mass is 19.4. The molecule has 1 spiro atoms. The Morgan fingerprint density at radius 3 is 2.19 bits per heavy atom. The van der Waals surface area contributed by atoms with E-state index in [2.05, 4.69) is 5.32 Å². The second-order valence-electron chi connectivity index (χ2n) is 4.55. The topological polar surface area (TPSA) is 72.2 Å². The predicted octanol–water partition coefficient (Wildman–Crippen LogP) is -0.0287. The van der Waals surface area contributed by atoms with Crippen molar-refractivity contribution in [3.05, 3.63) is 0 Å². The van der Waals surface area contributed by atoms with Gasteiger partial charge in [-0.15, -0.1) is 0 Å². The maximum absolute atomic E-state index is 12.2. The van der Waals surface area contributed by atoms with Gasteiger partial charge in [-0.1, -0.05) is 0 Å².